The smallest absolute Gasteiger partial charge is 0.0105 e. The molecule has 3 heteroatoms. The van der Waals surface area contributed by atoms with Crippen molar-refractivity contribution in [1.82, 2.24) is 9.80 Å². The Morgan fingerprint density at radius 3 is 2.69 bits per heavy atom. The minimum Gasteiger partial charge on any atom is -0.330 e. The van der Waals surface area contributed by atoms with Gasteiger partial charge in [-0.1, -0.05) is 0 Å². The molecule has 1 aliphatic rings. The van der Waals surface area contributed by atoms with Gasteiger partial charge in [0.15, 0.2) is 0 Å². The fourth-order valence-electron chi connectivity index (χ4n) is 2.58. The van der Waals surface area contributed by atoms with Crippen LogP contribution >= 0.6 is 0 Å². The Bertz CT molecular complexity index is 182. The van der Waals surface area contributed by atoms with E-state index in [0.29, 0.717) is 6.04 Å². The van der Waals surface area contributed by atoms with Crippen molar-refractivity contribution in [2.75, 3.05) is 33.2 Å². The maximum Gasteiger partial charge on any atom is 0.0105 e. The number of likely N-dealkylation sites (tertiary alicyclic amines) is 1. The molecular weight excluding hydrogens is 198 g/mol. The van der Waals surface area contributed by atoms with Crippen molar-refractivity contribution < 1.29 is 0 Å². The lowest BCUT2D eigenvalue weighted by Gasteiger charge is -2.28. The second-order valence-electron chi connectivity index (χ2n) is 5.34. The van der Waals surface area contributed by atoms with Crippen molar-refractivity contribution in [2.45, 2.75) is 51.6 Å². The first-order valence-corrected chi connectivity index (χ1v) is 6.79. The zero-order chi connectivity index (χ0) is 12.0. The average Bonchev–Trinajstić information content (AvgIpc) is 2.51. The van der Waals surface area contributed by atoms with Crippen LogP contribution in [0.3, 0.4) is 0 Å². The van der Waals surface area contributed by atoms with Crippen molar-refractivity contribution in [2.24, 2.45) is 5.73 Å². The molecule has 0 radical (unpaired) electrons. The summed E-state index contributed by atoms with van der Waals surface area (Å²) < 4.78 is 0. The highest BCUT2D eigenvalue weighted by Crippen LogP contribution is 2.17. The van der Waals surface area contributed by atoms with E-state index < -0.39 is 0 Å². The number of nitrogens with two attached hydrogens (primary N) is 1. The summed E-state index contributed by atoms with van der Waals surface area (Å²) >= 11 is 0. The molecule has 1 fully saturated rings. The van der Waals surface area contributed by atoms with E-state index in [1.165, 1.54) is 32.4 Å². The highest BCUT2D eigenvalue weighted by atomic mass is 15.2. The van der Waals surface area contributed by atoms with Gasteiger partial charge in [-0.3, -0.25) is 0 Å². The first-order chi connectivity index (χ1) is 7.65. The van der Waals surface area contributed by atoms with Crippen LogP contribution in [-0.4, -0.2) is 55.1 Å². The SMILES string of the molecule is CC(C)N1CCCC(N(C)CCCN)CC1. The second kappa shape index (κ2) is 7.25. The molecule has 0 aliphatic carbocycles. The molecule has 0 amide bonds. The normalized spacial score (nSPS) is 24.0. The summed E-state index contributed by atoms with van der Waals surface area (Å²) in [6, 6.07) is 1.48. The monoisotopic (exact) mass is 227 g/mol. The molecule has 0 aromatic heterocycles. The third-order valence-corrected chi connectivity index (χ3v) is 3.80. The molecule has 1 heterocycles. The molecular formula is C13H29N3. The Kier molecular flexibility index (Phi) is 6.32. The van der Waals surface area contributed by atoms with Gasteiger partial charge in [0.05, 0.1) is 0 Å². The number of rotatable bonds is 5. The summed E-state index contributed by atoms with van der Waals surface area (Å²) in [5.74, 6) is 0. The number of hydrogen-bond acceptors (Lipinski definition) is 3. The molecule has 16 heavy (non-hydrogen) atoms. The average molecular weight is 227 g/mol. The molecule has 1 atom stereocenters. The zero-order valence-corrected chi connectivity index (χ0v) is 11.3. The van der Waals surface area contributed by atoms with Crippen LogP contribution in [0, 0.1) is 0 Å². The summed E-state index contributed by atoms with van der Waals surface area (Å²) in [7, 11) is 2.26. The van der Waals surface area contributed by atoms with E-state index in [0.717, 1.165) is 25.6 Å². The van der Waals surface area contributed by atoms with Crippen molar-refractivity contribution in [3.63, 3.8) is 0 Å². The maximum absolute atomic E-state index is 5.56. The van der Waals surface area contributed by atoms with E-state index >= 15 is 0 Å². The van der Waals surface area contributed by atoms with E-state index in [2.05, 4.69) is 30.7 Å². The van der Waals surface area contributed by atoms with Gasteiger partial charge < -0.3 is 15.5 Å². The maximum atomic E-state index is 5.56. The molecule has 1 aliphatic heterocycles. The predicted octanol–water partition coefficient (Wildman–Crippen LogP) is 1.53. The van der Waals surface area contributed by atoms with Gasteiger partial charge in [0.25, 0.3) is 0 Å². The summed E-state index contributed by atoms with van der Waals surface area (Å²) in [6.07, 6.45) is 5.14. The van der Waals surface area contributed by atoms with Crippen LogP contribution in [0.2, 0.25) is 0 Å². The van der Waals surface area contributed by atoms with E-state index in [1.54, 1.807) is 0 Å². The van der Waals surface area contributed by atoms with Crippen molar-refractivity contribution >= 4 is 0 Å². The zero-order valence-electron chi connectivity index (χ0n) is 11.3. The third kappa shape index (κ3) is 4.40. The Morgan fingerprint density at radius 2 is 2.06 bits per heavy atom. The van der Waals surface area contributed by atoms with Gasteiger partial charge in [-0.25, -0.2) is 0 Å². The first kappa shape index (κ1) is 13.9. The molecule has 1 unspecified atom stereocenters. The molecule has 96 valence electrons. The molecule has 1 rings (SSSR count). The molecule has 0 spiro atoms. The highest BCUT2D eigenvalue weighted by Gasteiger charge is 2.20. The van der Waals surface area contributed by atoms with E-state index in [-0.39, 0.29) is 0 Å². The van der Waals surface area contributed by atoms with Gasteiger partial charge in [0.1, 0.15) is 0 Å². The fourth-order valence-corrected chi connectivity index (χ4v) is 2.58. The fraction of sp³-hybridized carbons (Fsp3) is 1.00. The van der Waals surface area contributed by atoms with Crippen LogP contribution in [0.25, 0.3) is 0 Å². The molecule has 2 N–H and O–H groups in total. The lowest BCUT2D eigenvalue weighted by Crippen LogP contribution is -2.35. The van der Waals surface area contributed by atoms with Crippen molar-refractivity contribution in [3.05, 3.63) is 0 Å². The van der Waals surface area contributed by atoms with Crippen molar-refractivity contribution in [3.8, 4) is 0 Å². The molecule has 0 aromatic rings. The Balaban J connectivity index is 2.34. The highest BCUT2D eigenvalue weighted by molar-refractivity contribution is 4.77. The standard InChI is InChI=1S/C13H29N3/c1-12(2)16-10-4-6-13(7-11-16)15(3)9-5-8-14/h12-13H,4-11,14H2,1-3H3. The lowest BCUT2D eigenvalue weighted by atomic mass is 10.1. The van der Waals surface area contributed by atoms with Crippen molar-refractivity contribution in [1.29, 1.82) is 0 Å². The minimum atomic E-state index is 0.702. The molecule has 3 nitrogen and oxygen atoms in total. The first-order valence-electron chi connectivity index (χ1n) is 6.79. The largest absolute Gasteiger partial charge is 0.330 e. The summed E-state index contributed by atoms with van der Waals surface area (Å²) in [5, 5.41) is 0. The van der Waals surface area contributed by atoms with E-state index in [1.807, 2.05) is 0 Å². The van der Waals surface area contributed by atoms with Crippen LogP contribution in [0.1, 0.15) is 39.5 Å². The molecule has 0 saturated carbocycles. The van der Waals surface area contributed by atoms with Gasteiger partial charge in [-0.15, -0.1) is 0 Å². The Morgan fingerprint density at radius 1 is 1.31 bits per heavy atom. The summed E-state index contributed by atoms with van der Waals surface area (Å²) in [4.78, 5) is 5.12. The van der Waals surface area contributed by atoms with E-state index in [4.69, 9.17) is 5.73 Å². The Hall–Kier alpha value is -0.120. The van der Waals surface area contributed by atoms with Gasteiger partial charge in [-0.2, -0.15) is 0 Å². The van der Waals surface area contributed by atoms with Gasteiger partial charge in [-0.05, 0) is 72.8 Å². The molecule has 0 aromatic carbocycles. The predicted molar refractivity (Wildman–Crippen MR) is 70.6 cm³/mol. The topological polar surface area (TPSA) is 32.5 Å². The van der Waals surface area contributed by atoms with Crippen LogP contribution in [0.5, 0.6) is 0 Å². The summed E-state index contributed by atoms with van der Waals surface area (Å²) in [5.41, 5.74) is 5.56. The number of nitrogens with zero attached hydrogens (tertiary/aromatic N) is 2. The van der Waals surface area contributed by atoms with E-state index in [9.17, 15) is 0 Å². The van der Waals surface area contributed by atoms with Crippen LogP contribution in [0.4, 0.5) is 0 Å². The Labute approximate surface area is 101 Å². The van der Waals surface area contributed by atoms with Gasteiger partial charge in [0.2, 0.25) is 0 Å². The summed E-state index contributed by atoms with van der Waals surface area (Å²) in [6.45, 7) is 9.11. The quantitative estimate of drug-likeness (QED) is 0.773. The molecule has 0 bridgehead atoms. The number of hydrogen-bond donors (Lipinski definition) is 1. The second-order valence-corrected chi connectivity index (χ2v) is 5.34. The van der Waals surface area contributed by atoms with Crippen LogP contribution < -0.4 is 5.73 Å². The van der Waals surface area contributed by atoms with Gasteiger partial charge >= 0.3 is 0 Å². The molecule has 1 saturated heterocycles. The van der Waals surface area contributed by atoms with Crippen LogP contribution in [-0.2, 0) is 0 Å². The lowest BCUT2D eigenvalue weighted by molar-refractivity contribution is 0.200. The third-order valence-electron chi connectivity index (χ3n) is 3.80. The minimum absolute atomic E-state index is 0.702. The van der Waals surface area contributed by atoms with Gasteiger partial charge in [0, 0.05) is 12.1 Å². The van der Waals surface area contributed by atoms with Crippen LogP contribution in [0.15, 0.2) is 0 Å².